The Kier molecular flexibility index (Phi) is 4.00. The van der Waals surface area contributed by atoms with Crippen LogP contribution in [-0.4, -0.2) is 11.1 Å². The highest BCUT2D eigenvalue weighted by Gasteiger charge is 2.15. The Labute approximate surface area is 112 Å². The Morgan fingerprint density at radius 1 is 1.32 bits per heavy atom. The summed E-state index contributed by atoms with van der Waals surface area (Å²) in [5, 5.41) is 6.98. The first-order chi connectivity index (χ1) is 9.09. The quantitative estimate of drug-likeness (QED) is 0.917. The van der Waals surface area contributed by atoms with Crippen molar-refractivity contribution in [1.29, 1.82) is 0 Å². The van der Waals surface area contributed by atoms with Gasteiger partial charge in [-0.15, -0.1) is 0 Å². The van der Waals surface area contributed by atoms with Gasteiger partial charge in [0.05, 0.1) is 0 Å². The molecule has 1 heterocycles. The molecule has 0 bridgehead atoms. The minimum Gasteiger partial charge on any atom is -0.361 e. The van der Waals surface area contributed by atoms with E-state index in [9.17, 15) is 4.79 Å². The van der Waals surface area contributed by atoms with Crippen molar-refractivity contribution in [2.45, 2.75) is 27.3 Å². The summed E-state index contributed by atoms with van der Waals surface area (Å²) in [6, 6.07) is 9.82. The van der Waals surface area contributed by atoms with Crippen molar-refractivity contribution in [1.82, 2.24) is 10.5 Å². The van der Waals surface area contributed by atoms with Crippen LogP contribution in [-0.2, 0) is 11.3 Å². The van der Waals surface area contributed by atoms with Gasteiger partial charge in [-0.05, 0) is 6.92 Å². The highest BCUT2D eigenvalue weighted by molar-refractivity contribution is 5.78. The monoisotopic (exact) mass is 258 g/mol. The second kappa shape index (κ2) is 5.69. The van der Waals surface area contributed by atoms with Crippen molar-refractivity contribution in [2.75, 3.05) is 0 Å². The third-order valence-corrected chi connectivity index (χ3v) is 3.00. The van der Waals surface area contributed by atoms with Gasteiger partial charge >= 0.3 is 0 Å². The van der Waals surface area contributed by atoms with Crippen molar-refractivity contribution in [3.8, 4) is 11.3 Å². The molecule has 2 aromatic rings. The number of carbonyl (C=O) groups excluding carboxylic acids is 1. The van der Waals surface area contributed by atoms with E-state index in [1.54, 1.807) is 0 Å². The number of benzene rings is 1. The molecule has 4 nitrogen and oxygen atoms in total. The van der Waals surface area contributed by atoms with E-state index in [0.717, 1.165) is 22.6 Å². The van der Waals surface area contributed by atoms with E-state index in [2.05, 4.69) is 10.5 Å². The van der Waals surface area contributed by atoms with E-state index >= 15 is 0 Å². The molecule has 0 aliphatic carbocycles. The Morgan fingerprint density at radius 2 is 2.00 bits per heavy atom. The fraction of sp³-hybridized carbons (Fsp3) is 0.333. The average molecular weight is 258 g/mol. The largest absolute Gasteiger partial charge is 0.361 e. The number of nitrogens with zero attached hydrogens (tertiary/aromatic N) is 1. The van der Waals surface area contributed by atoms with Gasteiger partial charge in [-0.1, -0.05) is 49.3 Å². The van der Waals surface area contributed by atoms with E-state index in [1.807, 2.05) is 51.1 Å². The lowest BCUT2D eigenvalue weighted by molar-refractivity contribution is -0.124. The second-order valence-corrected chi connectivity index (χ2v) is 4.80. The smallest absolute Gasteiger partial charge is 0.222 e. The van der Waals surface area contributed by atoms with Crippen LogP contribution < -0.4 is 5.32 Å². The number of hydrogen-bond acceptors (Lipinski definition) is 3. The van der Waals surface area contributed by atoms with E-state index in [4.69, 9.17) is 4.52 Å². The number of rotatable bonds is 4. The van der Waals surface area contributed by atoms with Gasteiger partial charge in [-0.2, -0.15) is 0 Å². The molecule has 19 heavy (non-hydrogen) atoms. The number of aryl methyl sites for hydroxylation is 1. The lowest BCUT2D eigenvalue weighted by Crippen LogP contribution is -2.27. The molecular weight excluding hydrogens is 240 g/mol. The fourth-order valence-electron chi connectivity index (χ4n) is 1.80. The molecule has 0 fully saturated rings. The molecule has 1 aromatic carbocycles. The lowest BCUT2D eigenvalue weighted by atomic mass is 10.1. The molecule has 0 spiro atoms. The second-order valence-electron chi connectivity index (χ2n) is 4.80. The van der Waals surface area contributed by atoms with Gasteiger partial charge in [-0.25, -0.2) is 0 Å². The molecule has 0 saturated heterocycles. The van der Waals surface area contributed by atoms with Crippen LogP contribution in [0.15, 0.2) is 34.9 Å². The Hall–Kier alpha value is -2.10. The minimum absolute atomic E-state index is 0.0274. The van der Waals surface area contributed by atoms with Crippen LogP contribution in [0.5, 0.6) is 0 Å². The number of nitrogens with one attached hydrogen (secondary N) is 1. The summed E-state index contributed by atoms with van der Waals surface area (Å²) < 4.78 is 5.24. The third kappa shape index (κ3) is 3.02. The van der Waals surface area contributed by atoms with Crippen LogP contribution in [0, 0.1) is 12.8 Å². The van der Waals surface area contributed by atoms with Gasteiger partial charge in [0, 0.05) is 23.6 Å². The van der Waals surface area contributed by atoms with E-state index in [-0.39, 0.29) is 11.8 Å². The van der Waals surface area contributed by atoms with E-state index in [0.29, 0.717) is 6.54 Å². The zero-order valence-corrected chi connectivity index (χ0v) is 11.4. The van der Waals surface area contributed by atoms with Crippen molar-refractivity contribution in [2.24, 2.45) is 5.92 Å². The van der Waals surface area contributed by atoms with Crippen LogP contribution >= 0.6 is 0 Å². The summed E-state index contributed by atoms with van der Waals surface area (Å²) in [6.07, 6.45) is 0. The molecule has 100 valence electrons. The summed E-state index contributed by atoms with van der Waals surface area (Å²) in [6.45, 7) is 6.04. The molecule has 4 heteroatoms. The Bertz CT molecular complexity index is 559. The number of amides is 1. The van der Waals surface area contributed by atoms with E-state index in [1.165, 1.54) is 0 Å². The van der Waals surface area contributed by atoms with Crippen LogP contribution in [0.2, 0.25) is 0 Å². The van der Waals surface area contributed by atoms with Crippen LogP contribution in [0.4, 0.5) is 0 Å². The molecule has 1 amide bonds. The lowest BCUT2D eigenvalue weighted by Gasteiger charge is -2.08. The van der Waals surface area contributed by atoms with Crippen molar-refractivity contribution < 1.29 is 9.32 Å². The van der Waals surface area contributed by atoms with Crippen LogP contribution in [0.25, 0.3) is 11.3 Å². The number of carbonyl (C=O) groups is 1. The molecule has 1 aromatic heterocycles. The molecule has 0 aliphatic rings. The fourth-order valence-corrected chi connectivity index (χ4v) is 1.80. The molecule has 1 N–H and O–H groups in total. The molecule has 0 radical (unpaired) electrons. The van der Waals surface area contributed by atoms with Gasteiger partial charge in [0.1, 0.15) is 11.5 Å². The van der Waals surface area contributed by atoms with Gasteiger partial charge in [0.15, 0.2) is 0 Å². The molecular formula is C15H18N2O2. The summed E-state index contributed by atoms with van der Waals surface area (Å²) in [7, 11) is 0. The predicted octanol–water partition coefficient (Wildman–Crippen LogP) is 2.92. The van der Waals surface area contributed by atoms with Gasteiger partial charge in [0.25, 0.3) is 0 Å². The maximum absolute atomic E-state index is 11.6. The average Bonchev–Trinajstić information content (AvgIpc) is 2.78. The minimum atomic E-state index is -0.0275. The molecule has 0 saturated carbocycles. The standard InChI is InChI=1S/C15H18N2O2/c1-10(2)15(18)16-9-13-11(3)19-17-14(13)12-7-5-4-6-8-12/h4-8,10H,9H2,1-3H3,(H,16,18). The molecule has 0 aliphatic heterocycles. The topological polar surface area (TPSA) is 55.1 Å². The Morgan fingerprint density at radius 3 is 2.63 bits per heavy atom. The van der Waals surface area contributed by atoms with Crippen molar-refractivity contribution in [3.63, 3.8) is 0 Å². The summed E-state index contributed by atoms with van der Waals surface area (Å²) in [5.41, 5.74) is 2.72. The highest BCUT2D eigenvalue weighted by atomic mass is 16.5. The van der Waals surface area contributed by atoms with Crippen LogP contribution in [0.1, 0.15) is 25.2 Å². The summed E-state index contributed by atoms with van der Waals surface area (Å²) in [4.78, 5) is 11.6. The normalized spacial score (nSPS) is 10.7. The summed E-state index contributed by atoms with van der Waals surface area (Å²) >= 11 is 0. The SMILES string of the molecule is Cc1onc(-c2ccccc2)c1CNC(=O)C(C)C. The zero-order valence-electron chi connectivity index (χ0n) is 11.4. The summed E-state index contributed by atoms with van der Waals surface area (Å²) in [5.74, 6) is 0.739. The third-order valence-electron chi connectivity index (χ3n) is 3.00. The van der Waals surface area contributed by atoms with Gasteiger partial charge in [-0.3, -0.25) is 4.79 Å². The molecule has 2 rings (SSSR count). The molecule has 0 unspecified atom stereocenters. The van der Waals surface area contributed by atoms with Crippen molar-refractivity contribution in [3.05, 3.63) is 41.7 Å². The first-order valence-electron chi connectivity index (χ1n) is 6.38. The first-order valence-corrected chi connectivity index (χ1v) is 6.38. The Balaban J connectivity index is 2.22. The van der Waals surface area contributed by atoms with Gasteiger partial charge in [0.2, 0.25) is 5.91 Å². The number of aromatic nitrogens is 1. The first kappa shape index (κ1) is 13.3. The zero-order chi connectivity index (χ0) is 13.8. The molecule has 0 atom stereocenters. The maximum Gasteiger partial charge on any atom is 0.222 e. The number of hydrogen-bond donors (Lipinski definition) is 1. The van der Waals surface area contributed by atoms with Gasteiger partial charge < -0.3 is 9.84 Å². The van der Waals surface area contributed by atoms with E-state index < -0.39 is 0 Å². The predicted molar refractivity (Wildman–Crippen MR) is 73.4 cm³/mol. The van der Waals surface area contributed by atoms with Crippen molar-refractivity contribution >= 4 is 5.91 Å². The van der Waals surface area contributed by atoms with Crippen LogP contribution in [0.3, 0.4) is 0 Å². The highest BCUT2D eigenvalue weighted by Crippen LogP contribution is 2.24. The maximum atomic E-state index is 11.6.